The molecule has 3 rings (SSSR count). The van der Waals surface area contributed by atoms with Crippen LogP contribution in [0.5, 0.6) is 0 Å². The van der Waals surface area contributed by atoms with Crippen LogP contribution < -0.4 is 10.3 Å². The van der Waals surface area contributed by atoms with E-state index < -0.39 is 5.82 Å². The summed E-state index contributed by atoms with van der Waals surface area (Å²) >= 11 is 0. The first kappa shape index (κ1) is 17.3. The molecule has 0 unspecified atom stereocenters. The molecule has 7 nitrogen and oxygen atoms in total. The van der Waals surface area contributed by atoms with Gasteiger partial charge in [-0.15, -0.1) is 0 Å². The van der Waals surface area contributed by atoms with Gasteiger partial charge in [0, 0.05) is 5.69 Å². The average Bonchev–Trinajstić information content (AvgIpc) is 2.59. The first-order valence-electron chi connectivity index (χ1n) is 8.41. The van der Waals surface area contributed by atoms with Crippen molar-refractivity contribution in [2.75, 3.05) is 37.6 Å². The number of likely N-dealkylation sites (tertiary alicyclic amines) is 1. The number of halogens is 1. The quantitative estimate of drug-likeness (QED) is 0.861. The Morgan fingerprint density at radius 2 is 1.68 bits per heavy atom. The van der Waals surface area contributed by atoms with Crippen molar-refractivity contribution in [1.82, 2.24) is 15.3 Å². The summed E-state index contributed by atoms with van der Waals surface area (Å²) in [6.07, 6.45) is 3.32. The molecule has 2 saturated heterocycles. The molecule has 0 aliphatic carbocycles. The molecule has 0 saturated carbocycles. The lowest BCUT2D eigenvalue weighted by Crippen LogP contribution is -2.60. The van der Waals surface area contributed by atoms with Crippen LogP contribution in [-0.2, 0) is 14.4 Å². The molecule has 1 aromatic rings. The van der Waals surface area contributed by atoms with E-state index >= 15 is 0 Å². The number of hydrazine groups is 1. The number of benzene rings is 1. The maximum atomic E-state index is 13.0. The van der Waals surface area contributed by atoms with E-state index in [9.17, 15) is 18.8 Å². The number of hydrogen-bond acceptors (Lipinski definition) is 4. The molecule has 3 amide bonds. The predicted octanol–water partition coefficient (Wildman–Crippen LogP) is 0.518. The fraction of sp³-hybridized carbons (Fsp3) is 0.471. The third kappa shape index (κ3) is 4.33. The van der Waals surface area contributed by atoms with Crippen LogP contribution in [0.2, 0.25) is 0 Å². The molecule has 0 bridgehead atoms. The highest BCUT2D eigenvalue weighted by Crippen LogP contribution is 2.17. The Hall–Kier alpha value is -2.48. The van der Waals surface area contributed by atoms with E-state index in [1.807, 2.05) is 4.90 Å². The highest BCUT2D eigenvalue weighted by Gasteiger charge is 2.32. The van der Waals surface area contributed by atoms with E-state index in [1.165, 1.54) is 35.6 Å². The summed E-state index contributed by atoms with van der Waals surface area (Å²) in [5.41, 5.74) is 2.98. The highest BCUT2D eigenvalue weighted by molar-refractivity contribution is 6.04. The minimum absolute atomic E-state index is 0.186. The first-order chi connectivity index (χ1) is 12.0. The average molecular weight is 348 g/mol. The maximum Gasteiger partial charge on any atom is 0.261 e. The number of carbonyl (C=O) groups excluding carboxylic acids is 3. The van der Waals surface area contributed by atoms with Gasteiger partial charge in [-0.05, 0) is 50.2 Å². The Kier molecular flexibility index (Phi) is 5.28. The van der Waals surface area contributed by atoms with Gasteiger partial charge in [-0.1, -0.05) is 6.42 Å². The number of amides is 3. The second kappa shape index (κ2) is 7.60. The lowest BCUT2D eigenvalue weighted by molar-refractivity contribution is -0.146. The van der Waals surface area contributed by atoms with E-state index in [0.29, 0.717) is 5.69 Å². The molecule has 2 heterocycles. The van der Waals surface area contributed by atoms with Crippen molar-refractivity contribution in [3.05, 3.63) is 30.1 Å². The number of hydrogen-bond donors (Lipinski definition) is 1. The van der Waals surface area contributed by atoms with Crippen molar-refractivity contribution in [2.45, 2.75) is 19.3 Å². The third-order valence-corrected chi connectivity index (χ3v) is 4.40. The van der Waals surface area contributed by atoms with Crippen LogP contribution in [0.15, 0.2) is 24.3 Å². The molecule has 0 radical (unpaired) electrons. The smallest absolute Gasteiger partial charge is 0.261 e. The van der Waals surface area contributed by atoms with Crippen molar-refractivity contribution >= 4 is 23.4 Å². The van der Waals surface area contributed by atoms with Gasteiger partial charge in [0.1, 0.15) is 18.9 Å². The lowest BCUT2D eigenvalue weighted by Gasteiger charge is -2.34. The Balaban J connectivity index is 1.56. The van der Waals surface area contributed by atoms with Gasteiger partial charge in [0.25, 0.3) is 11.8 Å². The van der Waals surface area contributed by atoms with Crippen LogP contribution in [0.25, 0.3) is 0 Å². The Bertz CT molecular complexity index is 658. The maximum absolute atomic E-state index is 13.0. The van der Waals surface area contributed by atoms with Crippen LogP contribution in [0.1, 0.15) is 19.3 Å². The number of nitrogens with one attached hydrogen (secondary N) is 1. The van der Waals surface area contributed by atoms with Gasteiger partial charge in [0.2, 0.25) is 5.91 Å². The second-order valence-corrected chi connectivity index (χ2v) is 6.31. The number of piperidine rings is 1. The summed E-state index contributed by atoms with van der Waals surface area (Å²) in [5, 5.41) is 1.06. The summed E-state index contributed by atoms with van der Waals surface area (Å²) in [7, 11) is 0. The summed E-state index contributed by atoms with van der Waals surface area (Å²) in [6, 6.07) is 5.37. The number of rotatable bonds is 4. The normalized spacial score (nSPS) is 19.2. The van der Waals surface area contributed by atoms with E-state index in [0.717, 1.165) is 30.9 Å². The van der Waals surface area contributed by atoms with Crippen LogP contribution in [0.3, 0.4) is 0 Å². The number of piperazine rings is 1. The van der Waals surface area contributed by atoms with Gasteiger partial charge in [-0.2, -0.15) is 0 Å². The van der Waals surface area contributed by atoms with Gasteiger partial charge >= 0.3 is 0 Å². The van der Waals surface area contributed by atoms with Crippen molar-refractivity contribution in [3.8, 4) is 0 Å². The summed E-state index contributed by atoms with van der Waals surface area (Å²) in [5.74, 6) is -1.41. The van der Waals surface area contributed by atoms with Crippen LogP contribution in [0, 0.1) is 5.82 Å². The topological polar surface area (TPSA) is 73.0 Å². The molecule has 2 aliphatic rings. The molecular formula is C17H21FN4O3. The van der Waals surface area contributed by atoms with Gasteiger partial charge in [0.05, 0.1) is 6.54 Å². The zero-order chi connectivity index (χ0) is 17.8. The second-order valence-electron chi connectivity index (χ2n) is 6.31. The van der Waals surface area contributed by atoms with Crippen molar-refractivity contribution in [2.24, 2.45) is 0 Å². The molecule has 1 N–H and O–H groups in total. The molecule has 1 aromatic carbocycles. The molecule has 2 aliphatic heterocycles. The summed E-state index contributed by atoms with van der Waals surface area (Å²) in [4.78, 5) is 40.0. The number of anilines is 1. The molecule has 0 atom stereocenters. The van der Waals surface area contributed by atoms with Crippen LogP contribution in [0.4, 0.5) is 10.1 Å². The molecular weight excluding hydrogens is 327 g/mol. The molecule has 2 fully saturated rings. The molecule has 134 valence electrons. The van der Waals surface area contributed by atoms with Crippen molar-refractivity contribution < 1.29 is 18.8 Å². The van der Waals surface area contributed by atoms with Crippen molar-refractivity contribution in [3.63, 3.8) is 0 Å². The van der Waals surface area contributed by atoms with Gasteiger partial charge in [0.15, 0.2) is 0 Å². The van der Waals surface area contributed by atoms with E-state index in [1.54, 1.807) is 0 Å². The number of nitrogens with zero attached hydrogens (tertiary/aromatic N) is 3. The summed E-state index contributed by atoms with van der Waals surface area (Å²) < 4.78 is 13.0. The minimum Gasteiger partial charge on any atom is -0.301 e. The monoisotopic (exact) mass is 348 g/mol. The fourth-order valence-electron chi connectivity index (χ4n) is 3.08. The van der Waals surface area contributed by atoms with E-state index in [4.69, 9.17) is 0 Å². The predicted molar refractivity (Wildman–Crippen MR) is 88.9 cm³/mol. The number of carbonyl (C=O) groups is 3. The first-order valence-corrected chi connectivity index (χ1v) is 8.41. The molecule has 0 spiro atoms. The Morgan fingerprint density at radius 3 is 2.36 bits per heavy atom. The Labute approximate surface area is 145 Å². The largest absolute Gasteiger partial charge is 0.301 e. The summed E-state index contributed by atoms with van der Waals surface area (Å²) in [6.45, 7) is 1.55. The molecule has 8 heteroatoms. The SMILES string of the molecule is O=C(CN1CCCCC1)NN1CC(=O)N(c2ccc(F)cc2)CC1=O. The molecule has 25 heavy (non-hydrogen) atoms. The zero-order valence-corrected chi connectivity index (χ0v) is 13.9. The third-order valence-electron chi connectivity index (χ3n) is 4.40. The van der Waals surface area contributed by atoms with E-state index in [2.05, 4.69) is 5.43 Å². The lowest BCUT2D eigenvalue weighted by atomic mass is 10.1. The van der Waals surface area contributed by atoms with Gasteiger partial charge in [-0.25, -0.2) is 9.40 Å². The van der Waals surface area contributed by atoms with Gasteiger partial charge < -0.3 is 4.90 Å². The minimum atomic E-state index is -0.411. The zero-order valence-electron chi connectivity index (χ0n) is 13.9. The standard InChI is InChI=1S/C17H21FN4O3/c18-13-4-6-14(7-5-13)21-11-17(25)22(12-16(21)24)19-15(23)10-20-8-2-1-3-9-20/h4-7H,1-3,8-12H2,(H,19,23). The van der Waals surface area contributed by atoms with E-state index in [-0.39, 0.29) is 37.4 Å². The molecule has 0 aromatic heterocycles. The van der Waals surface area contributed by atoms with Gasteiger partial charge in [-0.3, -0.25) is 24.7 Å². The van der Waals surface area contributed by atoms with Crippen LogP contribution in [-0.4, -0.2) is 60.4 Å². The Morgan fingerprint density at radius 1 is 1.00 bits per heavy atom. The van der Waals surface area contributed by atoms with Crippen LogP contribution >= 0.6 is 0 Å². The highest BCUT2D eigenvalue weighted by atomic mass is 19.1. The fourth-order valence-corrected chi connectivity index (χ4v) is 3.08. The van der Waals surface area contributed by atoms with Crippen molar-refractivity contribution in [1.29, 1.82) is 0 Å².